The Morgan fingerprint density at radius 1 is 1.13 bits per heavy atom. The summed E-state index contributed by atoms with van der Waals surface area (Å²) >= 11 is 0. The number of hydrogen-bond acceptors (Lipinski definition) is 5. The number of likely N-dealkylation sites (tertiary alicyclic amines) is 1. The molecule has 0 radical (unpaired) electrons. The van der Waals surface area contributed by atoms with E-state index in [9.17, 15) is 14.4 Å². The summed E-state index contributed by atoms with van der Waals surface area (Å²) < 4.78 is 10.8. The van der Waals surface area contributed by atoms with Gasteiger partial charge in [0.25, 0.3) is 0 Å². The summed E-state index contributed by atoms with van der Waals surface area (Å²) in [7, 11) is 0. The lowest BCUT2D eigenvalue weighted by atomic mass is 9.74. The van der Waals surface area contributed by atoms with Gasteiger partial charge >= 0.3 is 12.1 Å². The molecule has 0 unspecified atom stereocenters. The molecule has 3 atom stereocenters. The lowest BCUT2D eigenvalue weighted by Gasteiger charge is -2.33. The second-order valence-corrected chi connectivity index (χ2v) is 9.59. The van der Waals surface area contributed by atoms with Gasteiger partial charge in [-0.15, -0.1) is 0 Å². The maximum absolute atomic E-state index is 13.8. The Morgan fingerprint density at radius 2 is 1.73 bits per heavy atom. The van der Waals surface area contributed by atoms with Gasteiger partial charge in [0.2, 0.25) is 0 Å². The second kappa shape index (κ2) is 8.40. The topological polar surface area (TPSA) is 72.9 Å². The van der Waals surface area contributed by atoms with Crippen LogP contribution in [0.15, 0.2) is 24.3 Å². The quantitative estimate of drug-likeness (QED) is 0.656. The Balaban J connectivity index is 2.16. The molecule has 164 valence electrons. The van der Waals surface area contributed by atoms with E-state index in [0.29, 0.717) is 5.92 Å². The molecule has 0 N–H and O–H groups in total. The number of carbonyl (C=O) groups is 3. The molecule has 6 nitrogen and oxygen atoms in total. The normalized spacial score (nSPS) is 24.3. The molecular formula is C24H33NO5. The van der Waals surface area contributed by atoms with Gasteiger partial charge in [0.1, 0.15) is 12.1 Å². The zero-order valence-electron chi connectivity index (χ0n) is 18.8. The van der Waals surface area contributed by atoms with Crippen LogP contribution < -0.4 is 0 Å². The molecule has 1 amide bonds. The molecule has 0 spiro atoms. The van der Waals surface area contributed by atoms with Crippen molar-refractivity contribution >= 4 is 17.8 Å². The molecule has 1 saturated carbocycles. The molecule has 1 aliphatic carbocycles. The smallest absolute Gasteiger partial charge is 0.411 e. The first kappa shape index (κ1) is 22.3. The summed E-state index contributed by atoms with van der Waals surface area (Å²) in [6.07, 6.45) is 1.11. The maximum atomic E-state index is 13.8. The van der Waals surface area contributed by atoms with Gasteiger partial charge in [-0.3, -0.25) is 9.69 Å². The minimum absolute atomic E-state index is 0.130. The third-order valence-corrected chi connectivity index (χ3v) is 5.79. The van der Waals surface area contributed by atoms with Gasteiger partial charge in [-0.25, -0.2) is 9.59 Å². The van der Waals surface area contributed by atoms with E-state index < -0.39 is 35.5 Å². The Morgan fingerprint density at radius 3 is 2.23 bits per heavy atom. The number of Topliss-reactive ketones (excluding diaryl/α,β-unsaturated/α-hetero) is 1. The third-order valence-electron chi connectivity index (χ3n) is 5.79. The van der Waals surface area contributed by atoms with E-state index in [1.54, 1.807) is 20.8 Å². The van der Waals surface area contributed by atoms with Crippen molar-refractivity contribution < 1.29 is 23.9 Å². The summed E-state index contributed by atoms with van der Waals surface area (Å²) in [6.45, 7) is 11.2. The molecule has 1 saturated heterocycles. The number of rotatable bonds is 5. The number of ketones is 1. The van der Waals surface area contributed by atoms with Gasteiger partial charge in [0.15, 0.2) is 5.78 Å². The predicted molar refractivity (Wildman–Crippen MR) is 113 cm³/mol. The first-order valence-electron chi connectivity index (χ1n) is 10.9. The number of hydrogen-bond donors (Lipinski definition) is 0. The molecule has 30 heavy (non-hydrogen) atoms. The van der Waals surface area contributed by atoms with Crippen LogP contribution in [0.4, 0.5) is 4.79 Å². The van der Waals surface area contributed by atoms with Crippen LogP contribution in [-0.4, -0.2) is 41.5 Å². The van der Waals surface area contributed by atoms with Crippen LogP contribution in [0.2, 0.25) is 0 Å². The largest absolute Gasteiger partial charge is 0.464 e. The standard InChI is InChI=1S/C24H33NO5/c1-7-29-22(27)20-18(24(4,5)6)21(26)19(25(20)23(28)30-14(2)3)17-11-9-8-10-16(17)15-12-13-15/h8-11,14-15,18-20H,7,12-13H2,1-6H3/t18-,19+,20+/m1/s1. The number of esters is 1. The zero-order chi connectivity index (χ0) is 22.2. The van der Waals surface area contributed by atoms with Crippen molar-refractivity contribution in [1.82, 2.24) is 4.90 Å². The van der Waals surface area contributed by atoms with E-state index in [1.165, 1.54) is 4.90 Å². The van der Waals surface area contributed by atoms with Crippen molar-refractivity contribution in [3.63, 3.8) is 0 Å². The van der Waals surface area contributed by atoms with E-state index in [2.05, 4.69) is 0 Å². The molecule has 6 heteroatoms. The zero-order valence-corrected chi connectivity index (χ0v) is 18.8. The third kappa shape index (κ3) is 4.23. The fraction of sp³-hybridized carbons (Fsp3) is 0.625. The first-order chi connectivity index (χ1) is 14.1. The highest BCUT2D eigenvalue weighted by molar-refractivity contribution is 6.01. The van der Waals surface area contributed by atoms with Crippen LogP contribution in [0.1, 0.15) is 77.5 Å². The first-order valence-corrected chi connectivity index (χ1v) is 10.9. The van der Waals surface area contributed by atoms with Gasteiger partial charge in [0.05, 0.1) is 18.6 Å². The van der Waals surface area contributed by atoms with Crippen LogP contribution in [0, 0.1) is 11.3 Å². The maximum Gasteiger partial charge on any atom is 0.411 e. The highest BCUT2D eigenvalue weighted by Crippen LogP contribution is 2.50. The van der Waals surface area contributed by atoms with E-state index in [4.69, 9.17) is 9.47 Å². The fourth-order valence-electron chi connectivity index (χ4n) is 4.47. The van der Waals surface area contributed by atoms with Gasteiger partial charge in [-0.1, -0.05) is 45.0 Å². The van der Waals surface area contributed by atoms with Crippen molar-refractivity contribution in [2.24, 2.45) is 11.3 Å². The SMILES string of the molecule is CCOC(=O)[C@@H]1[C@@H](C(C)(C)C)C(=O)[C@H](c2ccccc2C2CC2)N1C(=O)OC(C)C. The van der Waals surface area contributed by atoms with Crippen molar-refractivity contribution in [3.8, 4) is 0 Å². The predicted octanol–water partition coefficient (Wildman–Crippen LogP) is 4.63. The minimum atomic E-state index is -1.01. The monoisotopic (exact) mass is 415 g/mol. The number of benzene rings is 1. The fourth-order valence-corrected chi connectivity index (χ4v) is 4.47. The molecule has 2 aliphatic rings. The van der Waals surface area contributed by atoms with E-state index in [0.717, 1.165) is 24.0 Å². The lowest BCUT2D eigenvalue weighted by molar-refractivity contribution is -0.151. The van der Waals surface area contributed by atoms with Crippen LogP contribution in [-0.2, 0) is 19.1 Å². The van der Waals surface area contributed by atoms with E-state index in [1.807, 2.05) is 45.0 Å². The van der Waals surface area contributed by atoms with Crippen molar-refractivity contribution in [1.29, 1.82) is 0 Å². The van der Waals surface area contributed by atoms with Crippen molar-refractivity contribution in [3.05, 3.63) is 35.4 Å². The number of carbonyl (C=O) groups excluding carboxylic acids is 3. The molecule has 0 aromatic heterocycles. The van der Waals surface area contributed by atoms with Gasteiger partial charge in [0, 0.05) is 0 Å². The molecule has 1 heterocycles. The summed E-state index contributed by atoms with van der Waals surface area (Å²) in [5, 5.41) is 0. The van der Waals surface area contributed by atoms with Crippen molar-refractivity contribution in [2.45, 2.75) is 78.5 Å². The molecule has 1 aliphatic heterocycles. The molecule has 0 bridgehead atoms. The average Bonchev–Trinajstić information content (AvgIpc) is 3.43. The summed E-state index contributed by atoms with van der Waals surface area (Å²) in [4.78, 5) is 41.4. The number of amides is 1. The number of nitrogens with zero attached hydrogens (tertiary/aromatic N) is 1. The van der Waals surface area contributed by atoms with Gasteiger partial charge < -0.3 is 9.47 Å². The van der Waals surface area contributed by atoms with Crippen LogP contribution >= 0.6 is 0 Å². The Bertz CT molecular complexity index is 821. The summed E-state index contributed by atoms with van der Waals surface area (Å²) in [5.74, 6) is -0.979. The molecule has 1 aromatic rings. The van der Waals surface area contributed by atoms with E-state index >= 15 is 0 Å². The lowest BCUT2D eigenvalue weighted by Crippen LogP contribution is -2.48. The Kier molecular flexibility index (Phi) is 6.25. The van der Waals surface area contributed by atoms with Gasteiger partial charge in [-0.05, 0) is 56.1 Å². The molecule has 1 aromatic carbocycles. The second-order valence-electron chi connectivity index (χ2n) is 9.59. The molecular weight excluding hydrogens is 382 g/mol. The molecule has 3 rings (SSSR count). The van der Waals surface area contributed by atoms with E-state index in [-0.39, 0.29) is 18.5 Å². The average molecular weight is 416 g/mol. The highest BCUT2D eigenvalue weighted by atomic mass is 16.6. The summed E-state index contributed by atoms with van der Waals surface area (Å²) in [5.41, 5.74) is 1.34. The van der Waals surface area contributed by atoms with Crippen LogP contribution in [0.25, 0.3) is 0 Å². The Hall–Kier alpha value is -2.37. The van der Waals surface area contributed by atoms with Crippen LogP contribution in [0.5, 0.6) is 0 Å². The van der Waals surface area contributed by atoms with Crippen molar-refractivity contribution in [2.75, 3.05) is 6.61 Å². The highest BCUT2D eigenvalue weighted by Gasteiger charge is 2.59. The minimum Gasteiger partial charge on any atom is -0.464 e. The number of ether oxygens (including phenoxy) is 2. The van der Waals surface area contributed by atoms with Gasteiger partial charge in [-0.2, -0.15) is 0 Å². The Labute approximate surface area is 178 Å². The molecule has 2 fully saturated rings. The summed E-state index contributed by atoms with van der Waals surface area (Å²) in [6, 6.07) is 5.89. The van der Waals surface area contributed by atoms with Crippen LogP contribution in [0.3, 0.4) is 0 Å².